The monoisotopic (exact) mass is 274 g/mol. The molecule has 110 valence electrons. The van der Waals surface area contributed by atoms with Crippen molar-refractivity contribution in [1.82, 2.24) is 9.97 Å². The molecule has 2 saturated carbocycles. The van der Waals surface area contributed by atoms with Crippen molar-refractivity contribution in [3.05, 3.63) is 11.4 Å². The highest BCUT2D eigenvalue weighted by Gasteiger charge is 2.33. The number of hydrogen-bond acceptors (Lipinski definition) is 4. The van der Waals surface area contributed by atoms with Crippen molar-refractivity contribution in [1.29, 1.82) is 0 Å². The Hall–Kier alpha value is -1.32. The SMILES string of the molecule is CCCCN(c1nc(C2CC2)nc(NC)c1C)C1CC1. The molecule has 4 heteroatoms. The molecule has 2 aliphatic rings. The highest BCUT2D eigenvalue weighted by Crippen LogP contribution is 2.41. The Morgan fingerprint density at radius 3 is 2.50 bits per heavy atom. The highest BCUT2D eigenvalue weighted by atomic mass is 15.2. The van der Waals surface area contributed by atoms with Gasteiger partial charge in [0.1, 0.15) is 17.5 Å². The van der Waals surface area contributed by atoms with Crippen LogP contribution in [0.3, 0.4) is 0 Å². The number of hydrogen-bond donors (Lipinski definition) is 1. The second-order valence-corrected chi connectivity index (χ2v) is 6.18. The van der Waals surface area contributed by atoms with Gasteiger partial charge in [0.25, 0.3) is 0 Å². The van der Waals surface area contributed by atoms with Gasteiger partial charge in [-0.25, -0.2) is 9.97 Å². The summed E-state index contributed by atoms with van der Waals surface area (Å²) in [6.45, 7) is 5.54. The molecular formula is C16H26N4. The topological polar surface area (TPSA) is 41.1 Å². The fraction of sp³-hybridized carbons (Fsp3) is 0.750. The smallest absolute Gasteiger partial charge is 0.137 e. The molecule has 0 atom stereocenters. The lowest BCUT2D eigenvalue weighted by molar-refractivity contribution is 0.697. The lowest BCUT2D eigenvalue weighted by atomic mass is 10.2. The van der Waals surface area contributed by atoms with Crippen molar-refractivity contribution < 1.29 is 0 Å². The van der Waals surface area contributed by atoms with Gasteiger partial charge in [-0.3, -0.25) is 0 Å². The number of nitrogens with one attached hydrogen (secondary N) is 1. The maximum absolute atomic E-state index is 4.93. The molecule has 0 aliphatic heterocycles. The fourth-order valence-electron chi connectivity index (χ4n) is 2.74. The van der Waals surface area contributed by atoms with Crippen LogP contribution in [-0.4, -0.2) is 29.6 Å². The average molecular weight is 274 g/mol. The largest absolute Gasteiger partial charge is 0.373 e. The maximum atomic E-state index is 4.93. The van der Waals surface area contributed by atoms with Crippen LogP contribution < -0.4 is 10.2 Å². The van der Waals surface area contributed by atoms with E-state index in [0.717, 1.165) is 18.2 Å². The van der Waals surface area contributed by atoms with Crippen molar-refractivity contribution in [3.8, 4) is 0 Å². The van der Waals surface area contributed by atoms with Crippen LogP contribution in [0.1, 0.15) is 62.8 Å². The summed E-state index contributed by atoms with van der Waals surface area (Å²) in [5.41, 5.74) is 1.21. The lowest BCUT2D eigenvalue weighted by Crippen LogP contribution is -2.29. The summed E-state index contributed by atoms with van der Waals surface area (Å²) in [6.07, 6.45) is 7.63. The first-order valence-corrected chi connectivity index (χ1v) is 8.07. The van der Waals surface area contributed by atoms with Crippen LogP contribution in [0.2, 0.25) is 0 Å². The number of nitrogens with zero attached hydrogens (tertiary/aromatic N) is 3. The third-order valence-corrected chi connectivity index (χ3v) is 4.33. The van der Waals surface area contributed by atoms with Gasteiger partial charge in [0.2, 0.25) is 0 Å². The van der Waals surface area contributed by atoms with E-state index >= 15 is 0 Å². The normalized spacial score (nSPS) is 18.1. The predicted octanol–water partition coefficient (Wildman–Crippen LogP) is 3.47. The van der Waals surface area contributed by atoms with Crippen molar-refractivity contribution in [2.75, 3.05) is 23.8 Å². The Morgan fingerprint density at radius 2 is 1.95 bits per heavy atom. The van der Waals surface area contributed by atoms with Gasteiger partial charge in [-0.2, -0.15) is 0 Å². The zero-order chi connectivity index (χ0) is 14.1. The zero-order valence-electron chi connectivity index (χ0n) is 12.9. The molecule has 0 radical (unpaired) electrons. The van der Waals surface area contributed by atoms with Gasteiger partial charge < -0.3 is 10.2 Å². The van der Waals surface area contributed by atoms with Gasteiger partial charge in [-0.15, -0.1) is 0 Å². The van der Waals surface area contributed by atoms with E-state index < -0.39 is 0 Å². The lowest BCUT2D eigenvalue weighted by Gasteiger charge is -2.26. The molecule has 0 bridgehead atoms. The first-order chi connectivity index (χ1) is 9.74. The summed E-state index contributed by atoms with van der Waals surface area (Å²) in [5.74, 6) is 3.85. The van der Waals surface area contributed by atoms with Gasteiger partial charge in [-0.05, 0) is 39.0 Å². The summed E-state index contributed by atoms with van der Waals surface area (Å²) < 4.78 is 0. The van der Waals surface area contributed by atoms with E-state index in [4.69, 9.17) is 9.97 Å². The van der Waals surface area contributed by atoms with Crippen LogP contribution in [0, 0.1) is 6.92 Å². The van der Waals surface area contributed by atoms with Gasteiger partial charge in [-0.1, -0.05) is 13.3 Å². The Labute approximate surface area is 122 Å². The minimum Gasteiger partial charge on any atom is -0.373 e. The Balaban J connectivity index is 1.93. The summed E-state index contributed by atoms with van der Waals surface area (Å²) in [6, 6.07) is 0.715. The van der Waals surface area contributed by atoms with Gasteiger partial charge in [0, 0.05) is 31.1 Å². The molecule has 4 nitrogen and oxygen atoms in total. The number of aromatic nitrogens is 2. The molecule has 3 rings (SSSR count). The molecule has 0 spiro atoms. The van der Waals surface area contributed by atoms with E-state index in [-0.39, 0.29) is 0 Å². The Kier molecular flexibility index (Phi) is 3.81. The molecule has 2 aliphatic carbocycles. The molecule has 0 unspecified atom stereocenters. The molecule has 0 saturated heterocycles. The standard InChI is InChI=1S/C16H26N4/c1-4-5-10-20(13-8-9-13)16-11(2)14(17-3)18-15(19-16)12-6-7-12/h12-13H,4-10H2,1-3H3,(H,17,18,19). The second kappa shape index (κ2) is 5.58. The molecular weight excluding hydrogens is 248 g/mol. The van der Waals surface area contributed by atoms with E-state index in [9.17, 15) is 0 Å². The summed E-state index contributed by atoms with van der Waals surface area (Å²) >= 11 is 0. The molecule has 1 heterocycles. The van der Waals surface area contributed by atoms with Gasteiger partial charge in [0.05, 0.1) is 0 Å². The molecule has 0 amide bonds. The zero-order valence-corrected chi connectivity index (χ0v) is 12.9. The van der Waals surface area contributed by atoms with E-state index in [0.29, 0.717) is 12.0 Å². The number of unbranched alkanes of at least 4 members (excludes halogenated alkanes) is 1. The van der Waals surface area contributed by atoms with Gasteiger partial charge >= 0.3 is 0 Å². The van der Waals surface area contributed by atoms with Crippen molar-refractivity contribution in [3.63, 3.8) is 0 Å². The first-order valence-electron chi connectivity index (χ1n) is 8.07. The van der Waals surface area contributed by atoms with Crippen LogP contribution in [0.4, 0.5) is 11.6 Å². The molecule has 1 N–H and O–H groups in total. The fourth-order valence-corrected chi connectivity index (χ4v) is 2.74. The van der Waals surface area contributed by atoms with E-state index in [2.05, 4.69) is 24.1 Å². The minimum absolute atomic E-state index is 0.605. The van der Waals surface area contributed by atoms with Crippen molar-refractivity contribution >= 4 is 11.6 Å². The van der Waals surface area contributed by atoms with Crippen LogP contribution in [0.5, 0.6) is 0 Å². The van der Waals surface area contributed by atoms with Crippen LogP contribution in [-0.2, 0) is 0 Å². The molecule has 0 aromatic carbocycles. The highest BCUT2D eigenvalue weighted by molar-refractivity contribution is 5.59. The summed E-state index contributed by atoms with van der Waals surface area (Å²) in [7, 11) is 1.96. The minimum atomic E-state index is 0.605. The maximum Gasteiger partial charge on any atom is 0.137 e. The molecule has 20 heavy (non-hydrogen) atoms. The molecule has 2 fully saturated rings. The van der Waals surface area contributed by atoms with E-state index in [1.54, 1.807) is 0 Å². The van der Waals surface area contributed by atoms with Crippen molar-refractivity contribution in [2.24, 2.45) is 0 Å². The number of rotatable bonds is 7. The van der Waals surface area contributed by atoms with Crippen molar-refractivity contribution in [2.45, 2.75) is 64.3 Å². The predicted molar refractivity (Wildman–Crippen MR) is 83.6 cm³/mol. The quantitative estimate of drug-likeness (QED) is 0.826. The Morgan fingerprint density at radius 1 is 1.20 bits per heavy atom. The van der Waals surface area contributed by atoms with Crippen LogP contribution >= 0.6 is 0 Å². The third-order valence-electron chi connectivity index (χ3n) is 4.33. The molecule has 1 aromatic heterocycles. The Bertz CT molecular complexity index is 478. The van der Waals surface area contributed by atoms with E-state index in [1.807, 2.05) is 7.05 Å². The van der Waals surface area contributed by atoms with Gasteiger partial charge in [0.15, 0.2) is 0 Å². The summed E-state index contributed by atoms with van der Waals surface area (Å²) in [4.78, 5) is 12.2. The second-order valence-electron chi connectivity index (χ2n) is 6.18. The summed E-state index contributed by atoms with van der Waals surface area (Å²) in [5, 5.41) is 3.25. The van der Waals surface area contributed by atoms with Crippen LogP contribution in [0.15, 0.2) is 0 Å². The van der Waals surface area contributed by atoms with Crippen LogP contribution in [0.25, 0.3) is 0 Å². The number of anilines is 2. The first kappa shape index (κ1) is 13.7. The average Bonchev–Trinajstić information content (AvgIpc) is 3.31. The third kappa shape index (κ3) is 2.74. The molecule has 1 aromatic rings. The van der Waals surface area contributed by atoms with E-state index in [1.165, 1.54) is 49.9 Å².